The summed E-state index contributed by atoms with van der Waals surface area (Å²) in [5.41, 5.74) is 0.190. The zero-order chi connectivity index (χ0) is 14.8. The molecule has 0 unspecified atom stereocenters. The van der Waals surface area contributed by atoms with E-state index in [4.69, 9.17) is 4.52 Å². The van der Waals surface area contributed by atoms with Crippen molar-refractivity contribution < 1.29 is 21.9 Å². The molecule has 1 atom stereocenters. The molecule has 7 heteroatoms. The molecule has 0 bridgehead atoms. The van der Waals surface area contributed by atoms with Crippen LogP contribution in [-0.2, 0) is 28.5 Å². The highest BCUT2D eigenvalue weighted by atomic mass is 32.2. The number of halogens is 3. The first-order valence-corrected chi connectivity index (χ1v) is 7.27. The van der Waals surface area contributed by atoms with E-state index >= 15 is 0 Å². The average Bonchev–Trinajstić information content (AvgIpc) is 2.73. The molecule has 2 aromatic rings. The maximum atomic E-state index is 12.6. The maximum Gasteiger partial charge on any atom is 0.416 e. The Balaban J connectivity index is 2.04. The predicted octanol–water partition coefficient (Wildman–Crippen LogP) is 3.45. The van der Waals surface area contributed by atoms with Crippen LogP contribution in [0.5, 0.6) is 0 Å². The van der Waals surface area contributed by atoms with Gasteiger partial charge in [0.15, 0.2) is 0 Å². The molecule has 0 radical (unpaired) electrons. The molecule has 3 nitrogen and oxygen atoms in total. The van der Waals surface area contributed by atoms with E-state index in [2.05, 4.69) is 5.16 Å². The summed E-state index contributed by atoms with van der Waals surface area (Å²) in [4.78, 5) is 0. The van der Waals surface area contributed by atoms with E-state index in [9.17, 15) is 17.4 Å². The lowest BCUT2D eigenvalue weighted by atomic mass is 10.1. The SMILES string of the molecule is Cc1cc(C[S@](=O)Cc2cccc(C(F)(F)F)c2)no1. The molecule has 0 fully saturated rings. The monoisotopic (exact) mass is 303 g/mol. The van der Waals surface area contributed by atoms with Gasteiger partial charge in [0.05, 0.1) is 17.0 Å². The van der Waals surface area contributed by atoms with E-state index < -0.39 is 22.5 Å². The second kappa shape index (κ2) is 5.78. The van der Waals surface area contributed by atoms with Crippen LogP contribution in [-0.4, -0.2) is 9.37 Å². The summed E-state index contributed by atoms with van der Waals surface area (Å²) in [5, 5.41) is 3.71. The lowest BCUT2D eigenvalue weighted by molar-refractivity contribution is -0.137. The van der Waals surface area contributed by atoms with Crippen LogP contribution >= 0.6 is 0 Å². The highest BCUT2D eigenvalue weighted by Crippen LogP contribution is 2.29. The maximum absolute atomic E-state index is 12.6. The van der Waals surface area contributed by atoms with Crippen LogP contribution in [0.15, 0.2) is 34.9 Å². The van der Waals surface area contributed by atoms with Gasteiger partial charge in [0, 0.05) is 22.6 Å². The van der Waals surface area contributed by atoms with Gasteiger partial charge in [0.1, 0.15) is 5.76 Å². The van der Waals surface area contributed by atoms with Crippen LogP contribution in [0.25, 0.3) is 0 Å². The van der Waals surface area contributed by atoms with Gasteiger partial charge in [0.25, 0.3) is 0 Å². The third-order valence-electron chi connectivity index (χ3n) is 2.57. The molecule has 2 rings (SSSR count). The summed E-state index contributed by atoms with van der Waals surface area (Å²) in [5.74, 6) is 0.819. The van der Waals surface area contributed by atoms with Gasteiger partial charge < -0.3 is 4.52 Å². The minimum Gasteiger partial charge on any atom is -0.361 e. The summed E-state index contributed by atoms with van der Waals surface area (Å²) >= 11 is 0. The van der Waals surface area contributed by atoms with Crippen LogP contribution in [0.4, 0.5) is 13.2 Å². The molecule has 0 spiro atoms. The molecular weight excluding hydrogens is 291 g/mol. The molecule has 1 aromatic heterocycles. The van der Waals surface area contributed by atoms with Crippen molar-refractivity contribution in [3.8, 4) is 0 Å². The third-order valence-corrected chi connectivity index (χ3v) is 3.84. The number of hydrogen-bond donors (Lipinski definition) is 0. The molecule has 20 heavy (non-hydrogen) atoms. The topological polar surface area (TPSA) is 43.1 Å². The molecular formula is C13H12F3NO2S. The van der Waals surface area contributed by atoms with Gasteiger partial charge in [-0.1, -0.05) is 23.4 Å². The minimum atomic E-state index is -4.39. The Morgan fingerprint density at radius 2 is 2.00 bits per heavy atom. The average molecular weight is 303 g/mol. The van der Waals surface area contributed by atoms with E-state index in [0.29, 0.717) is 17.0 Å². The zero-order valence-electron chi connectivity index (χ0n) is 10.6. The lowest BCUT2D eigenvalue weighted by Crippen LogP contribution is -2.06. The van der Waals surface area contributed by atoms with Crippen molar-refractivity contribution in [3.05, 3.63) is 52.9 Å². The minimum absolute atomic E-state index is 0.0514. The number of rotatable bonds is 4. The molecule has 0 amide bonds. The van der Waals surface area contributed by atoms with Gasteiger partial charge in [-0.05, 0) is 18.6 Å². The van der Waals surface area contributed by atoms with Crippen molar-refractivity contribution in [1.29, 1.82) is 0 Å². The van der Waals surface area contributed by atoms with E-state index in [1.54, 1.807) is 13.0 Å². The Labute approximate surface area is 116 Å². The molecule has 0 aliphatic rings. The lowest BCUT2D eigenvalue weighted by Gasteiger charge is -2.08. The first-order valence-electron chi connectivity index (χ1n) is 5.78. The summed E-state index contributed by atoms with van der Waals surface area (Å²) < 4.78 is 54.4. The largest absolute Gasteiger partial charge is 0.416 e. The summed E-state index contributed by atoms with van der Waals surface area (Å²) in [6.07, 6.45) is -4.39. The second-order valence-corrected chi connectivity index (χ2v) is 5.81. The summed E-state index contributed by atoms with van der Waals surface area (Å²) in [6.45, 7) is 1.71. The molecule has 1 aromatic carbocycles. The van der Waals surface area contributed by atoms with Crippen LogP contribution in [0, 0.1) is 6.92 Å². The first-order chi connectivity index (χ1) is 9.34. The van der Waals surface area contributed by atoms with Crippen molar-refractivity contribution in [1.82, 2.24) is 5.16 Å². The first kappa shape index (κ1) is 14.8. The quantitative estimate of drug-likeness (QED) is 0.869. The van der Waals surface area contributed by atoms with Gasteiger partial charge in [-0.3, -0.25) is 4.21 Å². The highest BCUT2D eigenvalue weighted by molar-refractivity contribution is 7.83. The Morgan fingerprint density at radius 3 is 2.60 bits per heavy atom. The smallest absolute Gasteiger partial charge is 0.361 e. The van der Waals surface area contributed by atoms with Crippen molar-refractivity contribution >= 4 is 10.8 Å². The van der Waals surface area contributed by atoms with Gasteiger partial charge >= 0.3 is 6.18 Å². The fraction of sp³-hybridized carbons (Fsp3) is 0.308. The zero-order valence-corrected chi connectivity index (χ0v) is 11.4. The fourth-order valence-corrected chi connectivity index (χ4v) is 2.84. The molecule has 0 saturated carbocycles. The molecule has 0 aliphatic carbocycles. The van der Waals surface area contributed by atoms with Gasteiger partial charge in [0.2, 0.25) is 0 Å². The number of aryl methyl sites for hydroxylation is 1. The van der Waals surface area contributed by atoms with Crippen LogP contribution in [0.2, 0.25) is 0 Å². The fourth-order valence-electron chi connectivity index (χ4n) is 1.73. The number of benzene rings is 1. The van der Waals surface area contributed by atoms with E-state index in [1.807, 2.05) is 0 Å². The van der Waals surface area contributed by atoms with Crippen molar-refractivity contribution in [2.24, 2.45) is 0 Å². The molecule has 108 valence electrons. The molecule has 1 heterocycles. The number of alkyl halides is 3. The Morgan fingerprint density at radius 1 is 1.25 bits per heavy atom. The van der Waals surface area contributed by atoms with Crippen LogP contribution in [0.3, 0.4) is 0 Å². The second-order valence-electron chi connectivity index (χ2n) is 4.36. The van der Waals surface area contributed by atoms with Gasteiger partial charge in [-0.15, -0.1) is 0 Å². The van der Waals surface area contributed by atoms with Crippen molar-refractivity contribution in [2.45, 2.75) is 24.6 Å². The summed E-state index contributed by atoms with van der Waals surface area (Å²) in [6, 6.07) is 6.51. The van der Waals surface area contributed by atoms with Gasteiger partial charge in [-0.2, -0.15) is 13.2 Å². The third kappa shape index (κ3) is 3.93. The van der Waals surface area contributed by atoms with E-state index in [-0.39, 0.29) is 11.5 Å². The number of aromatic nitrogens is 1. The van der Waals surface area contributed by atoms with Crippen LogP contribution in [0.1, 0.15) is 22.6 Å². The molecule has 0 aliphatic heterocycles. The molecule has 0 saturated heterocycles. The summed E-state index contributed by atoms with van der Waals surface area (Å²) in [7, 11) is -1.33. The van der Waals surface area contributed by atoms with E-state index in [0.717, 1.165) is 12.1 Å². The standard InChI is InChI=1S/C13H12F3NO2S/c1-9-5-12(17-19-9)8-20(18)7-10-3-2-4-11(6-10)13(14,15)16/h2-6H,7-8H2,1H3/t20-/m1/s1. The van der Waals surface area contributed by atoms with Crippen molar-refractivity contribution in [2.75, 3.05) is 0 Å². The number of nitrogens with zero attached hydrogens (tertiary/aromatic N) is 1. The van der Waals surface area contributed by atoms with Crippen molar-refractivity contribution in [3.63, 3.8) is 0 Å². The molecule has 0 N–H and O–H groups in total. The van der Waals surface area contributed by atoms with Crippen LogP contribution < -0.4 is 0 Å². The number of hydrogen-bond acceptors (Lipinski definition) is 3. The predicted molar refractivity (Wildman–Crippen MR) is 68.2 cm³/mol. The Bertz CT molecular complexity index is 622. The highest BCUT2D eigenvalue weighted by Gasteiger charge is 2.30. The van der Waals surface area contributed by atoms with Gasteiger partial charge in [-0.25, -0.2) is 0 Å². The Kier molecular flexibility index (Phi) is 4.27. The Hall–Kier alpha value is -1.63. The normalized spacial score (nSPS) is 13.4. The van der Waals surface area contributed by atoms with E-state index in [1.165, 1.54) is 12.1 Å².